The van der Waals surface area contributed by atoms with Crippen molar-refractivity contribution in [3.8, 4) is 0 Å². The number of hydrogen-bond donors (Lipinski definition) is 2. The standard InChI is InChI=1S/C13H14N2O3/c16-12(8-3-5-14-6-4-8)9-1-2-10-11(7-9)18-13(17)15-10/h1-2,7-8,14H,3-6H2,(H,15,17). The Morgan fingerprint density at radius 1 is 1.28 bits per heavy atom. The van der Waals surface area contributed by atoms with Crippen molar-refractivity contribution < 1.29 is 9.21 Å². The minimum absolute atomic E-state index is 0.0781. The summed E-state index contributed by atoms with van der Waals surface area (Å²) in [5, 5.41) is 3.24. The number of hydrogen-bond acceptors (Lipinski definition) is 4. The largest absolute Gasteiger partial charge is 0.417 e. The fourth-order valence-electron chi connectivity index (χ4n) is 2.42. The molecule has 5 nitrogen and oxygen atoms in total. The van der Waals surface area contributed by atoms with Crippen molar-refractivity contribution in [2.24, 2.45) is 5.92 Å². The first-order valence-corrected chi connectivity index (χ1v) is 6.12. The molecule has 1 fully saturated rings. The summed E-state index contributed by atoms with van der Waals surface area (Å²) in [6.07, 6.45) is 1.74. The first-order chi connectivity index (χ1) is 8.74. The number of fused-ring (bicyclic) bond motifs is 1. The van der Waals surface area contributed by atoms with Gasteiger partial charge >= 0.3 is 5.76 Å². The summed E-state index contributed by atoms with van der Waals surface area (Å²) in [6.45, 7) is 1.77. The number of benzene rings is 1. The molecule has 0 amide bonds. The maximum Gasteiger partial charge on any atom is 0.417 e. The molecular weight excluding hydrogens is 232 g/mol. The summed E-state index contributed by atoms with van der Waals surface area (Å²) in [7, 11) is 0. The predicted molar refractivity (Wildman–Crippen MR) is 66.8 cm³/mol. The van der Waals surface area contributed by atoms with Gasteiger partial charge in [0.1, 0.15) is 0 Å². The van der Waals surface area contributed by atoms with Gasteiger partial charge in [-0.05, 0) is 44.1 Å². The Kier molecular flexibility index (Phi) is 2.76. The van der Waals surface area contributed by atoms with Gasteiger partial charge < -0.3 is 9.73 Å². The maximum atomic E-state index is 12.3. The van der Waals surface area contributed by atoms with Gasteiger partial charge in [-0.1, -0.05) is 0 Å². The number of carbonyl (C=O) groups excluding carboxylic acids is 1. The molecule has 1 aromatic carbocycles. The van der Waals surface area contributed by atoms with E-state index in [0.717, 1.165) is 25.9 Å². The van der Waals surface area contributed by atoms with E-state index >= 15 is 0 Å². The summed E-state index contributed by atoms with van der Waals surface area (Å²) in [4.78, 5) is 25.9. The van der Waals surface area contributed by atoms with Crippen LogP contribution in [0.3, 0.4) is 0 Å². The van der Waals surface area contributed by atoms with Crippen LogP contribution in [0.2, 0.25) is 0 Å². The van der Waals surface area contributed by atoms with E-state index in [1.165, 1.54) is 0 Å². The third-order valence-electron chi connectivity index (χ3n) is 3.42. The van der Waals surface area contributed by atoms with Crippen LogP contribution < -0.4 is 11.1 Å². The van der Waals surface area contributed by atoms with Crippen molar-refractivity contribution in [2.45, 2.75) is 12.8 Å². The maximum absolute atomic E-state index is 12.3. The van der Waals surface area contributed by atoms with Crippen molar-refractivity contribution in [3.05, 3.63) is 34.3 Å². The number of piperidine rings is 1. The Hall–Kier alpha value is -1.88. The Morgan fingerprint density at radius 3 is 2.83 bits per heavy atom. The number of aromatic nitrogens is 1. The molecule has 0 radical (unpaired) electrons. The Labute approximate surface area is 103 Å². The number of aromatic amines is 1. The third-order valence-corrected chi connectivity index (χ3v) is 3.42. The van der Waals surface area contributed by atoms with Gasteiger partial charge in [-0.15, -0.1) is 0 Å². The molecule has 0 aliphatic carbocycles. The summed E-state index contributed by atoms with van der Waals surface area (Å²) >= 11 is 0. The van der Waals surface area contributed by atoms with E-state index < -0.39 is 5.76 Å². The third kappa shape index (κ3) is 1.97. The van der Waals surface area contributed by atoms with Crippen LogP contribution in [0, 0.1) is 5.92 Å². The zero-order valence-electron chi connectivity index (χ0n) is 9.86. The lowest BCUT2D eigenvalue weighted by Crippen LogP contribution is -2.31. The second kappa shape index (κ2) is 4.42. The molecule has 0 unspecified atom stereocenters. The molecule has 18 heavy (non-hydrogen) atoms. The number of Topliss-reactive ketones (excluding diaryl/α,β-unsaturated/α-hetero) is 1. The first kappa shape index (κ1) is 11.2. The van der Waals surface area contributed by atoms with Crippen LogP contribution in [0.1, 0.15) is 23.2 Å². The van der Waals surface area contributed by atoms with E-state index in [1.54, 1.807) is 18.2 Å². The Bertz CT molecular complexity index is 635. The van der Waals surface area contributed by atoms with Gasteiger partial charge in [0.25, 0.3) is 0 Å². The van der Waals surface area contributed by atoms with Crippen molar-refractivity contribution in [1.82, 2.24) is 10.3 Å². The van der Waals surface area contributed by atoms with Gasteiger partial charge in [-0.25, -0.2) is 4.79 Å². The average Bonchev–Trinajstić information content (AvgIpc) is 2.78. The number of nitrogens with one attached hydrogen (secondary N) is 2. The van der Waals surface area contributed by atoms with E-state index in [2.05, 4.69) is 10.3 Å². The lowest BCUT2D eigenvalue weighted by atomic mass is 9.89. The fourth-order valence-corrected chi connectivity index (χ4v) is 2.42. The molecular formula is C13H14N2O3. The normalized spacial score (nSPS) is 17.1. The molecule has 2 N–H and O–H groups in total. The molecule has 1 aliphatic rings. The lowest BCUT2D eigenvalue weighted by Gasteiger charge is -2.21. The van der Waals surface area contributed by atoms with Crippen LogP contribution in [-0.4, -0.2) is 23.9 Å². The molecule has 0 saturated carbocycles. The van der Waals surface area contributed by atoms with Crippen LogP contribution in [0.25, 0.3) is 11.1 Å². The van der Waals surface area contributed by atoms with E-state index in [1.807, 2.05) is 0 Å². The molecule has 5 heteroatoms. The number of ketones is 1. The molecule has 1 aliphatic heterocycles. The second-order valence-corrected chi connectivity index (χ2v) is 4.61. The van der Waals surface area contributed by atoms with Crippen molar-refractivity contribution in [1.29, 1.82) is 0 Å². The number of carbonyl (C=O) groups is 1. The quantitative estimate of drug-likeness (QED) is 0.783. The molecule has 3 rings (SSSR count). The minimum Gasteiger partial charge on any atom is -0.408 e. The molecule has 2 aromatic rings. The van der Waals surface area contributed by atoms with Gasteiger partial charge in [0.15, 0.2) is 11.4 Å². The molecule has 0 spiro atoms. The lowest BCUT2D eigenvalue weighted by molar-refractivity contribution is 0.0895. The summed E-state index contributed by atoms with van der Waals surface area (Å²) < 4.78 is 4.97. The predicted octanol–water partition coefficient (Wildman–Crippen LogP) is 1.30. The molecule has 1 saturated heterocycles. The van der Waals surface area contributed by atoms with E-state index in [-0.39, 0.29) is 11.7 Å². The van der Waals surface area contributed by atoms with Crippen LogP contribution in [0.15, 0.2) is 27.4 Å². The molecule has 94 valence electrons. The van der Waals surface area contributed by atoms with Gasteiger partial charge in [-0.3, -0.25) is 9.78 Å². The SMILES string of the molecule is O=C(c1ccc2[nH]c(=O)oc2c1)C1CCNCC1. The summed E-state index contributed by atoms with van der Waals surface area (Å²) in [5.41, 5.74) is 1.69. The number of rotatable bonds is 2. The molecule has 0 atom stereocenters. The second-order valence-electron chi connectivity index (χ2n) is 4.61. The van der Waals surface area contributed by atoms with Crippen molar-refractivity contribution in [2.75, 3.05) is 13.1 Å². The molecule has 1 aromatic heterocycles. The van der Waals surface area contributed by atoms with Crippen molar-refractivity contribution in [3.63, 3.8) is 0 Å². The Balaban J connectivity index is 1.92. The first-order valence-electron chi connectivity index (χ1n) is 6.12. The molecule has 0 bridgehead atoms. The zero-order valence-corrected chi connectivity index (χ0v) is 9.86. The Morgan fingerprint density at radius 2 is 2.06 bits per heavy atom. The highest BCUT2D eigenvalue weighted by molar-refractivity contribution is 6.00. The van der Waals surface area contributed by atoms with Crippen LogP contribution in [-0.2, 0) is 0 Å². The number of oxazole rings is 1. The minimum atomic E-state index is -0.489. The van der Waals surface area contributed by atoms with Gasteiger partial charge in [0, 0.05) is 11.5 Å². The van der Waals surface area contributed by atoms with Crippen LogP contribution in [0.4, 0.5) is 0 Å². The smallest absolute Gasteiger partial charge is 0.408 e. The highest BCUT2D eigenvalue weighted by Gasteiger charge is 2.22. The van der Waals surface area contributed by atoms with Crippen molar-refractivity contribution >= 4 is 16.9 Å². The van der Waals surface area contributed by atoms with E-state index in [4.69, 9.17) is 4.42 Å². The molecule has 2 heterocycles. The van der Waals surface area contributed by atoms with Crippen LogP contribution >= 0.6 is 0 Å². The van der Waals surface area contributed by atoms with E-state index in [0.29, 0.717) is 16.7 Å². The van der Waals surface area contributed by atoms with Gasteiger partial charge in [0.05, 0.1) is 5.52 Å². The zero-order chi connectivity index (χ0) is 12.5. The van der Waals surface area contributed by atoms with Gasteiger partial charge in [-0.2, -0.15) is 0 Å². The average molecular weight is 246 g/mol. The van der Waals surface area contributed by atoms with E-state index in [9.17, 15) is 9.59 Å². The fraction of sp³-hybridized carbons (Fsp3) is 0.385. The summed E-state index contributed by atoms with van der Waals surface area (Å²) in [6, 6.07) is 5.12. The monoisotopic (exact) mass is 246 g/mol. The highest BCUT2D eigenvalue weighted by Crippen LogP contribution is 2.20. The summed E-state index contributed by atoms with van der Waals surface area (Å²) in [5.74, 6) is -0.270. The highest BCUT2D eigenvalue weighted by atomic mass is 16.4. The topological polar surface area (TPSA) is 75.1 Å². The number of H-pyrrole nitrogens is 1. The van der Waals surface area contributed by atoms with Gasteiger partial charge in [0.2, 0.25) is 0 Å². The van der Waals surface area contributed by atoms with Crippen LogP contribution in [0.5, 0.6) is 0 Å².